The Hall–Kier alpha value is -6.08. The van der Waals surface area contributed by atoms with Gasteiger partial charge in [-0.3, -0.25) is 38.7 Å². The molecule has 0 radical (unpaired) electrons. The van der Waals surface area contributed by atoms with E-state index < -0.39 is 11.9 Å². The zero-order valence-corrected chi connectivity index (χ0v) is 61.0. The summed E-state index contributed by atoms with van der Waals surface area (Å²) < 4.78 is 12.0. The van der Waals surface area contributed by atoms with Gasteiger partial charge in [-0.1, -0.05) is 179 Å². The van der Waals surface area contributed by atoms with E-state index in [0.717, 1.165) is 75.3 Å². The Labute approximate surface area is 596 Å². The van der Waals surface area contributed by atoms with E-state index in [2.05, 4.69) is 86.2 Å². The molecular formula is C80H100N4O10S4. The smallest absolute Gasteiger partial charge is 0.323 e. The molecule has 4 saturated carbocycles. The van der Waals surface area contributed by atoms with Crippen LogP contribution in [0.25, 0.3) is 11.1 Å². The standard InChI is InChI=1S/2C40H50N2O5S2/c1-39-19-14-31(25-30(39)10-11-32-34-13-12-33(29-9-6-21-41-26-29)40(34,2)20-15-35(32)39)47-38(46)18-24-49-48-23-17-36(43)42(22-16-37(44)45)27-28-7-4-3-5-8-28;1-39-19-14-31(25-30(39)10-11-32-34-13-12-33(29-9-6-21-41-26-29)40(34,2)20-15-35(32)39)47-38(46)18-24-49-48-23-17-36(43)42(27-37(44)45)22-16-28-7-4-3-5-8-28/h2*3-10,12,21,26,31-32,34-35H,11,13-20,22-25,27H2,1-2H3,(H,44,45)/t2*31-,32-,34-,35-,39-,40+/m00/s1. The number of carboxylic acids is 2. The van der Waals surface area contributed by atoms with E-state index in [-0.39, 0.29) is 83.6 Å². The summed E-state index contributed by atoms with van der Waals surface area (Å²) >= 11 is 0. The number of ether oxygens (including phenoxy) is 2. The van der Waals surface area contributed by atoms with Crippen molar-refractivity contribution < 1.29 is 48.5 Å². The number of hydrogen-bond acceptors (Lipinski definition) is 14. The highest BCUT2D eigenvalue weighted by Crippen LogP contribution is 2.68. The van der Waals surface area contributed by atoms with Crippen molar-refractivity contribution in [1.82, 2.24) is 19.8 Å². The number of pyridine rings is 2. The molecule has 0 saturated heterocycles. The second kappa shape index (κ2) is 33.6. The molecule has 98 heavy (non-hydrogen) atoms. The van der Waals surface area contributed by atoms with Crippen molar-refractivity contribution in [2.24, 2.45) is 57.2 Å². The predicted molar refractivity (Wildman–Crippen MR) is 395 cm³/mol. The van der Waals surface area contributed by atoms with E-state index in [1.807, 2.05) is 85.5 Å². The van der Waals surface area contributed by atoms with E-state index in [4.69, 9.17) is 14.6 Å². The summed E-state index contributed by atoms with van der Waals surface area (Å²) in [6.07, 6.45) is 34.8. The lowest BCUT2D eigenvalue weighted by Crippen LogP contribution is -2.50. The van der Waals surface area contributed by atoms with E-state index in [1.165, 1.54) is 64.0 Å². The van der Waals surface area contributed by atoms with Crippen LogP contribution >= 0.6 is 43.2 Å². The molecule has 0 spiro atoms. The lowest BCUT2D eigenvalue weighted by atomic mass is 9.47. The number of rotatable bonds is 28. The van der Waals surface area contributed by atoms with Gasteiger partial charge >= 0.3 is 23.9 Å². The summed E-state index contributed by atoms with van der Waals surface area (Å²) in [5.41, 5.74) is 11.5. The maximum atomic E-state index is 12.9. The fourth-order valence-electron chi connectivity index (χ4n) is 18.8. The molecule has 8 aliphatic carbocycles. The Bertz CT molecular complexity index is 3560. The van der Waals surface area contributed by atoms with Crippen molar-refractivity contribution in [3.05, 3.63) is 167 Å². The number of aromatic nitrogens is 2. The third kappa shape index (κ3) is 17.4. The van der Waals surface area contributed by atoms with Gasteiger partial charge in [0, 0.05) is 93.1 Å². The van der Waals surface area contributed by atoms with Crippen LogP contribution in [0, 0.1) is 57.2 Å². The summed E-state index contributed by atoms with van der Waals surface area (Å²) in [7, 11) is 6.28. The molecule has 4 fully saturated rings. The number of esters is 2. The number of carboxylic acid groups (broad SMARTS) is 2. The predicted octanol–water partition coefficient (Wildman–Crippen LogP) is 16.9. The third-order valence-corrected chi connectivity index (χ3v) is 28.7. The highest BCUT2D eigenvalue weighted by molar-refractivity contribution is 8.77. The molecule has 524 valence electrons. The topological polar surface area (TPSA) is 194 Å². The molecular weight excluding hydrogens is 1310 g/mol. The van der Waals surface area contributed by atoms with E-state index in [9.17, 15) is 33.9 Å². The van der Waals surface area contributed by atoms with E-state index in [0.29, 0.717) is 97.3 Å². The number of fused-ring (bicyclic) bond motifs is 10. The maximum Gasteiger partial charge on any atom is 0.323 e. The molecule has 12 rings (SSSR count). The second-order valence-corrected chi connectivity index (χ2v) is 34.9. The molecule has 8 aliphatic rings. The van der Waals surface area contributed by atoms with Crippen LogP contribution < -0.4 is 0 Å². The fraction of sp³-hybridized carbons (Fsp3) is 0.550. The number of allylic oxidation sites excluding steroid dienone is 6. The van der Waals surface area contributed by atoms with Crippen LogP contribution in [-0.2, 0) is 51.2 Å². The van der Waals surface area contributed by atoms with Crippen LogP contribution in [0.1, 0.15) is 172 Å². The van der Waals surface area contributed by atoms with Gasteiger partial charge in [-0.2, -0.15) is 0 Å². The van der Waals surface area contributed by atoms with Gasteiger partial charge in [0.1, 0.15) is 18.8 Å². The zero-order chi connectivity index (χ0) is 68.9. The summed E-state index contributed by atoms with van der Waals surface area (Å²) in [6, 6.07) is 27.9. The summed E-state index contributed by atoms with van der Waals surface area (Å²) in [5, 5.41) is 18.4. The number of amides is 2. The maximum absolute atomic E-state index is 12.9. The number of nitrogens with zero attached hydrogens (tertiary/aromatic N) is 4. The van der Waals surface area contributed by atoms with Gasteiger partial charge in [0.15, 0.2) is 0 Å². The van der Waals surface area contributed by atoms with Crippen molar-refractivity contribution in [1.29, 1.82) is 0 Å². The minimum Gasteiger partial charge on any atom is -0.481 e. The first-order valence-corrected chi connectivity index (χ1v) is 40.9. The molecule has 0 unspecified atom stereocenters. The first-order valence-electron chi connectivity index (χ1n) is 35.9. The van der Waals surface area contributed by atoms with Gasteiger partial charge in [-0.15, -0.1) is 0 Å². The Kier molecular flexibility index (Phi) is 25.1. The van der Waals surface area contributed by atoms with Crippen molar-refractivity contribution in [3.63, 3.8) is 0 Å². The quantitative estimate of drug-likeness (QED) is 0.0236. The molecule has 4 aromatic rings. The summed E-state index contributed by atoms with van der Waals surface area (Å²) in [6.45, 7) is 10.7. The molecule has 2 aromatic carbocycles. The SMILES string of the molecule is C[C@]12CC[C@H](OC(=O)CCSSCCC(=O)N(CCC(=O)O)Cc3ccccc3)CC1=CC[C@@H]1[C@@H]2CC[C@]2(C)C(c3cccnc3)=CC[C@@H]12.C[C@]12CC[C@H](OC(=O)CCSSCCC(=O)N(CCc3ccccc3)CC(=O)O)CC1=CC[C@@H]1[C@@H]2CC[C@]2(C)C(c3cccnc3)=CC[C@@H]12. The molecule has 0 bridgehead atoms. The molecule has 0 aliphatic heterocycles. The lowest BCUT2D eigenvalue weighted by Gasteiger charge is -2.57. The van der Waals surface area contributed by atoms with Crippen molar-refractivity contribution in [3.8, 4) is 0 Å². The normalized spacial score (nSPS) is 28.7. The minimum absolute atomic E-state index is 0.0424. The number of aliphatic carboxylic acids is 2. The van der Waals surface area contributed by atoms with Crippen LogP contribution in [0.5, 0.6) is 0 Å². The van der Waals surface area contributed by atoms with Gasteiger partial charge in [-0.05, 0) is 186 Å². The Morgan fingerprint density at radius 3 is 1.38 bits per heavy atom. The van der Waals surface area contributed by atoms with Gasteiger partial charge in [-0.25, -0.2) is 0 Å². The Balaban J connectivity index is 0.000000198. The highest BCUT2D eigenvalue weighted by atomic mass is 33.1. The monoisotopic (exact) mass is 1400 g/mol. The number of carbonyl (C=O) groups is 6. The number of benzene rings is 2. The molecule has 14 nitrogen and oxygen atoms in total. The zero-order valence-electron chi connectivity index (χ0n) is 57.7. The largest absolute Gasteiger partial charge is 0.481 e. The van der Waals surface area contributed by atoms with Crippen LogP contribution in [-0.4, -0.2) is 121 Å². The van der Waals surface area contributed by atoms with Crippen LogP contribution in [0.15, 0.2) is 145 Å². The first kappa shape index (κ1) is 73.1. The van der Waals surface area contributed by atoms with Crippen LogP contribution in [0.4, 0.5) is 0 Å². The van der Waals surface area contributed by atoms with Gasteiger partial charge in [0.25, 0.3) is 0 Å². The molecule has 2 amide bonds. The average Bonchev–Trinajstić information content (AvgIpc) is 1.47. The lowest BCUT2D eigenvalue weighted by molar-refractivity contribution is -0.151. The van der Waals surface area contributed by atoms with E-state index in [1.54, 1.807) is 48.1 Å². The minimum atomic E-state index is -1.01. The number of carbonyl (C=O) groups excluding carboxylic acids is 4. The number of hydrogen-bond donors (Lipinski definition) is 2. The second-order valence-electron chi connectivity index (χ2n) is 29.5. The molecule has 12 atom stereocenters. The van der Waals surface area contributed by atoms with Gasteiger partial charge < -0.3 is 29.5 Å². The molecule has 18 heteroatoms. The van der Waals surface area contributed by atoms with Crippen molar-refractivity contribution >= 4 is 90.0 Å². The molecule has 2 heterocycles. The van der Waals surface area contributed by atoms with Crippen LogP contribution in [0.3, 0.4) is 0 Å². The third-order valence-electron chi connectivity index (χ3n) is 23.9. The van der Waals surface area contributed by atoms with Gasteiger partial charge in [0.05, 0.1) is 19.3 Å². The highest BCUT2D eigenvalue weighted by Gasteiger charge is 2.59. The van der Waals surface area contributed by atoms with Crippen LogP contribution in [0.2, 0.25) is 0 Å². The molecule has 2 N–H and O–H groups in total. The Morgan fingerprint density at radius 2 is 0.929 bits per heavy atom. The Morgan fingerprint density at radius 1 is 0.480 bits per heavy atom. The van der Waals surface area contributed by atoms with Gasteiger partial charge in [0.2, 0.25) is 11.8 Å². The van der Waals surface area contributed by atoms with E-state index >= 15 is 0 Å². The van der Waals surface area contributed by atoms with Crippen molar-refractivity contribution in [2.45, 2.75) is 175 Å². The average molecular weight is 1410 g/mol. The first-order chi connectivity index (χ1) is 47.3. The molecule has 2 aromatic heterocycles. The summed E-state index contributed by atoms with van der Waals surface area (Å²) in [4.78, 5) is 85.6. The van der Waals surface area contributed by atoms with Crippen molar-refractivity contribution in [2.75, 3.05) is 42.6 Å². The summed E-state index contributed by atoms with van der Waals surface area (Å²) in [5.74, 6) is 4.12. The fourth-order valence-corrected chi connectivity index (χ4v) is 22.7.